The summed E-state index contributed by atoms with van der Waals surface area (Å²) in [6.07, 6.45) is 0. The predicted molar refractivity (Wildman–Crippen MR) is 122 cm³/mol. The van der Waals surface area contributed by atoms with Crippen LogP contribution in [0.4, 0.5) is 0 Å². The van der Waals surface area contributed by atoms with Gasteiger partial charge in [0.15, 0.2) is 5.69 Å². The molecule has 0 aliphatic rings. The minimum atomic E-state index is -0.593. The maximum atomic E-state index is 12.7. The molecule has 6 nitrogen and oxygen atoms in total. The van der Waals surface area contributed by atoms with Crippen LogP contribution >= 0.6 is 34.7 Å². The highest BCUT2D eigenvalue weighted by atomic mass is 35.5. The first-order valence-electron chi connectivity index (χ1n) is 9.45. The molecule has 0 fully saturated rings. The highest BCUT2D eigenvalue weighted by molar-refractivity contribution is 7.03. The predicted octanol–water partition coefficient (Wildman–Crippen LogP) is 6.15. The Labute approximate surface area is 193 Å². The number of ether oxygens (including phenoxy) is 1. The third-order valence-corrected chi connectivity index (χ3v) is 6.18. The number of aromatic nitrogens is 4. The van der Waals surface area contributed by atoms with Crippen LogP contribution < -0.4 is 4.74 Å². The van der Waals surface area contributed by atoms with Gasteiger partial charge < -0.3 is 4.74 Å². The summed E-state index contributed by atoms with van der Waals surface area (Å²) >= 11 is 13.4. The molecule has 0 spiro atoms. The van der Waals surface area contributed by atoms with E-state index in [4.69, 9.17) is 33.0 Å². The van der Waals surface area contributed by atoms with Crippen molar-refractivity contribution >= 4 is 40.7 Å². The largest absolute Gasteiger partial charge is 0.402 e. The standard InChI is InChI=1S/C22H18Cl2N4O2S/c1-12-4-6-15(7-5-12)20-13(2)26-28(14(3)16-8-9-17(23)18(24)10-16)21(20)30-22(29)19-11-31-27-25-19/h4-11,14H,1-3H3. The molecule has 4 rings (SSSR count). The number of halogens is 2. The van der Waals surface area contributed by atoms with Crippen LogP contribution in [-0.4, -0.2) is 25.3 Å². The van der Waals surface area contributed by atoms with E-state index in [1.165, 1.54) is 0 Å². The van der Waals surface area contributed by atoms with Gasteiger partial charge in [0.05, 0.1) is 27.3 Å². The summed E-state index contributed by atoms with van der Waals surface area (Å²) in [4.78, 5) is 12.7. The highest BCUT2D eigenvalue weighted by Crippen LogP contribution is 2.38. The van der Waals surface area contributed by atoms with Crippen LogP contribution in [0.25, 0.3) is 11.1 Å². The summed E-state index contributed by atoms with van der Waals surface area (Å²) in [5.74, 6) is -0.262. The Morgan fingerprint density at radius 1 is 1.10 bits per heavy atom. The first-order chi connectivity index (χ1) is 14.8. The van der Waals surface area contributed by atoms with Crippen LogP contribution in [0.1, 0.15) is 40.3 Å². The zero-order chi connectivity index (χ0) is 22.1. The fraction of sp³-hybridized carbons (Fsp3) is 0.182. The normalized spacial score (nSPS) is 12.0. The van der Waals surface area contributed by atoms with Crippen molar-refractivity contribution in [3.05, 3.63) is 80.4 Å². The average molecular weight is 473 g/mol. The number of hydrogen-bond donors (Lipinski definition) is 0. The summed E-state index contributed by atoms with van der Waals surface area (Å²) in [5, 5.41) is 11.0. The Morgan fingerprint density at radius 2 is 1.84 bits per heavy atom. The smallest absolute Gasteiger partial charge is 0.366 e. The van der Waals surface area contributed by atoms with E-state index in [0.29, 0.717) is 15.9 Å². The molecule has 0 N–H and O–H groups in total. The molecule has 0 saturated heterocycles. The Morgan fingerprint density at radius 3 is 2.48 bits per heavy atom. The van der Waals surface area contributed by atoms with Crippen LogP contribution in [0.15, 0.2) is 47.8 Å². The molecule has 0 saturated carbocycles. The molecule has 0 radical (unpaired) electrons. The first-order valence-corrected chi connectivity index (χ1v) is 11.0. The number of benzene rings is 2. The zero-order valence-electron chi connectivity index (χ0n) is 17.0. The van der Waals surface area contributed by atoms with E-state index in [-0.39, 0.29) is 11.7 Å². The molecule has 2 aromatic carbocycles. The van der Waals surface area contributed by atoms with E-state index < -0.39 is 5.97 Å². The van der Waals surface area contributed by atoms with Gasteiger partial charge in [0, 0.05) is 5.38 Å². The lowest BCUT2D eigenvalue weighted by Crippen LogP contribution is -2.16. The van der Waals surface area contributed by atoms with Crippen molar-refractivity contribution in [2.45, 2.75) is 26.8 Å². The van der Waals surface area contributed by atoms with E-state index >= 15 is 0 Å². The third kappa shape index (κ3) is 4.35. The maximum absolute atomic E-state index is 12.7. The van der Waals surface area contributed by atoms with Gasteiger partial charge in [-0.25, -0.2) is 9.48 Å². The molecule has 2 heterocycles. The topological polar surface area (TPSA) is 69.9 Å². The zero-order valence-corrected chi connectivity index (χ0v) is 19.3. The summed E-state index contributed by atoms with van der Waals surface area (Å²) in [7, 11) is 0. The van der Waals surface area contributed by atoms with Crippen molar-refractivity contribution < 1.29 is 9.53 Å². The SMILES string of the molecule is Cc1ccc(-c2c(C)nn(C(C)c3ccc(Cl)c(Cl)c3)c2OC(=O)c2csnn2)cc1. The van der Waals surface area contributed by atoms with Gasteiger partial charge >= 0.3 is 5.97 Å². The number of carbonyl (C=O) groups excluding carboxylic acids is 1. The lowest BCUT2D eigenvalue weighted by atomic mass is 10.0. The molecule has 1 unspecified atom stereocenters. The number of hydrogen-bond acceptors (Lipinski definition) is 6. The molecule has 0 aliphatic carbocycles. The van der Waals surface area contributed by atoms with Crippen LogP contribution in [0, 0.1) is 13.8 Å². The second kappa shape index (κ2) is 8.78. The monoisotopic (exact) mass is 472 g/mol. The maximum Gasteiger partial charge on any atom is 0.366 e. The Kier molecular flexibility index (Phi) is 6.09. The van der Waals surface area contributed by atoms with Crippen molar-refractivity contribution in [2.24, 2.45) is 0 Å². The van der Waals surface area contributed by atoms with Crippen LogP contribution in [0.2, 0.25) is 10.0 Å². The summed E-state index contributed by atoms with van der Waals surface area (Å²) in [5.41, 5.74) is 4.52. The van der Waals surface area contributed by atoms with E-state index in [9.17, 15) is 4.79 Å². The molecule has 158 valence electrons. The second-order valence-electron chi connectivity index (χ2n) is 7.11. The molecule has 2 aromatic heterocycles. The lowest BCUT2D eigenvalue weighted by molar-refractivity contribution is 0.0711. The first kappa shape index (κ1) is 21.5. The van der Waals surface area contributed by atoms with E-state index in [0.717, 1.165) is 39.5 Å². The summed E-state index contributed by atoms with van der Waals surface area (Å²) in [6, 6.07) is 13.1. The minimum absolute atomic E-state index is 0.146. The average Bonchev–Trinajstić information content (AvgIpc) is 3.39. The molecule has 31 heavy (non-hydrogen) atoms. The fourth-order valence-electron chi connectivity index (χ4n) is 3.25. The van der Waals surface area contributed by atoms with E-state index in [1.54, 1.807) is 22.2 Å². The molecule has 0 bridgehead atoms. The van der Waals surface area contributed by atoms with Crippen molar-refractivity contribution in [1.82, 2.24) is 19.4 Å². The van der Waals surface area contributed by atoms with Crippen molar-refractivity contribution in [2.75, 3.05) is 0 Å². The lowest BCUT2D eigenvalue weighted by Gasteiger charge is -2.17. The van der Waals surface area contributed by atoms with Crippen molar-refractivity contribution in [3.63, 3.8) is 0 Å². The van der Waals surface area contributed by atoms with Gasteiger partial charge in [-0.05, 0) is 55.6 Å². The number of esters is 1. The van der Waals surface area contributed by atoms with Gasteiger partial charge in [0.2, 0.25) is 5.88 Å². The quantitative estimate of drug-likeness (QED) is 0.325. The highest BCUT2D eigenvalue weighted by Gasteiger charge is 2.26. The van der Waals surface area contributed by atoms with Crippen LogP contribution in [-0.2, 0) is 0 Å². The molecule has 4 aromatic rings. The minimum Gasteiger partial charge on any atom is -0.402 e. The number of carbonyl (C=O) groups is 1. The Balaban J connectivity index is 1.84. The number of rotatable bonds is 5. The Hall–Kier alpha value is -2.74. The molecule has 0 aliphatic heterocycles. The molecule has 0 amide bonds. The third-order valence-electron chi connectivity index (χ3n) is 4.93. The van der Waals surface area contributed by atoms with Crippen LogP contribution in [0.3, 0.4) is 0 Å². The van der Waals surface area contributed by atoms with E-state index in [1.807, 2.05) is 51.1 Å². The summed E-state index contributed by atoms with van der Waals surface area (Å²) in [6.45, 7) is 5.85. The molecule has 9 heteroatoms. The van der Waals surface area contributed by atoms with Crippen molar-refractivity contribution in [3.8, 4) is 17.0 Å². The number of nitrogens with zero attached hydrogens (tertiary/aromatic N) is 4. The van der Waals surface area contributed by atoms with Crippen LogP contribution in [0.5, 0.6) is 5.88 Å². The van der Waals surface area contributed by atoms with Gasteiger partial charge in [-0.3, -0.25) is 0 Å². The van der Waals surface area contributed by atoms with Gasteiger partial charge in [-0.15, -0.1) is 5.10 Å². The van der Waals surface area contributed by atoms with Gasteiger partial charge in [-0.1, -0.05) is 63.6 Å². The molecule has 1 atom stereocenters. The van der Waals surface area contributed by atoms with Gasteiger partial charge in [-0.2, -0.15) is 5.10 Å². The molecular formula is C22H18Cl2N4O2S. The molecular weight excluding hydrogens is 455 g/mol. The summed E-state index contributed by atoms with van der Waals surface area (Å²) < 4.78 is 11.3. The fourth-order valence-corrected chi connectivity index (χ4v) is 3.98. The van der Waals surface area contributed by atoms with Gasteiger partial charge in [0.25, 0.3) is 0 Å². The van der Waals surface area contributed by atoms with Gasteiger partial charge in [0.1, 0.15) is 0 Å². The van der Waals surface area contributed by atoms with Crippen molar-refractivity contribution in [1.29, 1.82) is 0 Å². The Bertz CT molecular complexity index is 1240. The van der Waals surface area contributed by atoms with E-state index in [2.05, 4.69) is 9.59 Å². The number of aryl methyl sites for hydroxylation is 2. The second-order valence-corrected chi connectivity index (χ2v) is 8.53.